The maximum absolute atomic E-state index is 13.1. The Bertz CT molecular complexity index is 1120. The number of nitrogens with zero attached hydrogens (tertiary/aromatic N) is 3. The van der Waals surface area contributed by atoms with Crippen LogP contribution in [0, 0.1) is 26.7 Å². The molecule has 0 aliphatic carbocycles. The number of amides is 2. The van der Waals surface area contributed by atoms with Crippen molar-refractivity contribution in [1.29, 1.82) is 0 Å². The van der Waals surface area contributed by atoms with Crippen LogP contribution in [0.15, 0.2) is 36.5 Å². The molecule has 2 amide bonds. The van der Waals surface area contributed by atoms with E-state index in [0.29, 0.717) is 25.9 Å². The highest BCUT2D eigenvalue weighted by molar-refractivity contribution is 5.83. The van der Waals surface area contributed by atoms with Crippen molar-refractivity contribution in [3.05, 3.63) is 58.9 Å². The van der Waals surface area contributed by atoms with Gasteiger partial charge in [0, 0.05) is 30.8 Å². The summed E-state index contributed by atoms with van der Waals surface area (Å²) in [5, 5.41) is 0. The summed E-state index contributed by atoms with van der Waals surface area (Å²) in [5.74, 6) is -0.332. The van der Waals surface area contributed by atoms with Crippen molar-refractivity contribution in [1.82, 2.24) is 14.3 Å². The van der Waals surface area contributed by atoms with Crippen LogP contribution in [0.3, 0.4) is 0 Å². The standard InChI is InChI=1S/C24H28N4O2/c1-15-6-7-19(13-17(15)3)22-20(28-10-4-5-16(2)24(28)26-22)14-21(29)27-11-8-18(9-12-27)23(25)30/h4-7,10,13,18H,8-9,11-12,14H2,1-3H3,(H2,25,30). The zero-order chi connectivity index (χ0) is 21.4. The maximum Gasteiger partial charge on any atom is 0.228 e. The molecule has 0 atom stereocenters. The number of rotatable bonds is 4. The van der Waals surface area contributed by atoms with Gasteiger partial charge in [-0.2, -0.15) is 0 Å². The molecule has 1 saturated heterocycles. The number of nitrogens with two attached hydrogens (primary N) is 1. The van der Waals surface area contributed by atoms with Crippen molar-refractivity contribution in [3.8, 4) is 11.3 Å². The van der Waals surface area contributed by atoms with E-state index in [1.807, 2.05) is 34.6 Å². The predicted molar refractivity (Wildman–Crippen MR) is 117 cm³/mol. The summed E-state index contributed by atoms with van der Waals surface area (Å²) in [6.07, 6.45) is 3.52. The largest absolute Gasteiger partial charge is 0.369 e. The molecular weight excluding hydrogens is 376 g/mol. The summed E-state index contributed by atoms with van der Waals surface area (Å²) in [6.45, 7) is 7.36. The Balaban J connectivity index is 1.69. The van der Waals surface area contributed by atoms with Gasteiger partial charge in [0.15, 0.2) is 0 Å². The van der Waals surface area contributed by atoms with Crippen LogP contribution in [0.5, 0.6) is 0 Å². The second kappa shape index (κ2) is 7.94. The lowest BCUT2D eigenvalue weighted by Gasteiger charge is -2.30. The number of likely N-dealkylation sites (tertiary alicyclic amines) is 1. The Hall–Kier alpha value is -3.15. The van der Waals surface area contributed by atoms with Gasteiger partial charge in [0.25, 0.3) is 0 Å². The number of benzene rings is 1. The van der Waals surface area contributed by atoms with Crippen molar-refractivity contribution in [2.45, 2.75) is 40.0 Å². The molecule has 0 unspecified atom stereocenters. The first-order valence-electron chi connectivity index (χ1n) is 10.5. The molecule has 2 N–H and O–H groups in total. The molecule has 156 valence electrons. The van der Waals surface area contributed by atoms with E-state index in [1.54, 1.807) is 0 Å². The third-order valence-corrected chi connectivity index (χ3v) is 6.29. The normalized spacial score (nSPS) is 15.0. The first-order chi connectivity index (χ1) is 14.3. The Morgan fingerprint density at radius 1 is 1.07 bits per heavy atom. The highest BCUT2D eigenvalue weighted by Gasteiger charge is 2.27. The number of imidazole rings is 1. The predicted octanol–water partition coefficient (Wildman–Crippen LogP) is 3.19. The van der Waals surface area contributed by atoms with E-state index in [2.05, 4.69) is 32.0 Å². The molecule has 2 aromatic heterocycles. The van der Waals surface area contributed by atoms with E-state index in [1.165, 1.54) is 11.1 Å². The number of hydrogen-bond acceptors (Lipinski definition) is 3. The molecule has 0 spiro atoms. The second-order valence-corrected chi connectivity index (χ2v) is 8.33. The van der Waals surface area contributed by atoms with Crippen LogP contribution in [0.4, 0.5) is 0 Å². The minimum atomic E-state index is -0.267. The molecule has 6 heteroatoms. The van der Waals surface area contributed by atoms with Crippen LogP contribution in [0.1, 0.15) is 35.2 Å². The second-order valence-electron chi connectivity index (χ2n) is 8.33. The fourth-order valence-corrected chi connectivity index (χ4v) is 4.21. The molecule has 1 fully saturated rings. The number of carbonyl (C=O) groups excluding carboxylic acids is 2. The lowest BCUT2D eigenvalue weighted by atomic mass is 9.96. The maximum atomic E-state index is 13.1. The van der Waals surface area contributed by atoms with Crippen LogP contribution in [-0.2, 0) is 16.0 Å². The van der Waals surface area contributed by atoms with E-state index in [-0.39, 0.29) is 24.2 Å². The van der Waals surface area contributed by atoms with Gasteiger partial charge < -0.3 is 15.0 Å². The van der Waals surface area contributed by atoms with Gasteiger partial charge in [0.05, 0.1) is 17.8 Å². The number of aryl methyl sites for hydroxylation is 3. The molecule has 4 rings (SSSR count). The van der Waals surface area contributed by atoms with E-state index in [4.69, 9.17) is 10.7 Å². The smallest absolute Gasteiger partial charge is 0.228 e. The Morgan fingerprint density at radius 3 is 2.47 bits per heavy atom. The lowest BCUT2D eigenvalue weighted by molar-refractivity contribution is -0.134. The molecule has 30 heavy (non-hydrogen) atoms. The molecule has 1 aliphatic rings. The van der Waals surface area contributed by atoms with Gasteiger partial charge in [-0.05, 0) is 62.4 Å². The molecule has 3 heterocycles. The summed E-state index contributed by atoms with van der Waals surface area (Å²) in [5.41, 5.74) is 12.6. The molecule has 0 radical (unpaired) electrons. The van der Waals surface area contributed by atoms with Gasteiger partial charge in [-0.15, -0.1) is 0 Å². The van der Waals surface area contributed by atoms with Gasteiger partial charge in [-0.3, -0.25) is 9.59 Å². The first kappa shape index (κ1) is 20.1. The topological polar surface area (TPSA) is 80.7 Å². The third kappa shape index (κ3) is 3.70. The number of carbonyl (C=O) groups is 2. The summed E-state index contributed by atoms with van der Waals surface area (Å²) in [6, 6.07) is 10.3. The van der Waals surface area contributed by atoms with Crippen molar-refractivity contribution in [3.63, 3.8) is 0 Å². The molecular formula is C24H28N4O2. The van der Waals surface area contributed by atoms with Gasteiger partial charge in [-0.1, -0.05) is 18.2 Å². The highest BCUT2D eigenvalue weighted by atomic mass is 16.2. The Labute approximate surface area is 176 Å². The average Bonchev–Trinajstić information content (AvgIpc) is 3.10. The number of primary amides is 1. The zero-order valence-electron chi connectivity index (χ0n) is 17.8. The molecule has 0 bridgehead atoms. The molecule has 1 aromatic carbocycles. The molecule has 1 aliphatic heterocycles. The van der Waals surface area contributed by atoms with Crippen LogP contribution < -0.4 is 5.73 Å². The lowest BCUT2D eigenvalue weighted by Crippen LogP contribution is -2.42. The van der Waals surface area contributed by atoms with Gasteiger partial charge in [0.2, 0.25) is 11.8 Å². The summed E-state index contributed by atoms with van der Waals surface area (Å²) in [4.78, 5) is 31.3. The van der Waals surface area contributed by atoms with Gasteiger partial charge >= 0.3 is 0 Å². The molecule has 3 aromatic rings. The van der Waals surface area contributed by atoms with Gasteiger partial charge in [-0.25, -0.2) is 4.98 Å². The van der Waals surface area contributed by atoms with Crippen molar-refractivity contribution in [2.75, 3.05) is 13.1 Å². The minimum absolute atomic E-state index is 0.0614. The zero-order valence-corrected chi connectivity index (χ0v) is 17.8. The minimum Gasteiger partial charge on any atom is -0.369 e. The van der Waals surface area contributed by atoms with Crippen molar-refractivity contribution >= 4 is 17.5 Å². The fourth-order valence-electron chi connectivity index (χ4n) is 4.21. The van der Waals surface area contributed by atoms with Crippen LogP contribution >= 0.6 is 0 Å². The molecule has 0 saturated carbocycles. The van der Waals surface area contributed by atoms with Crippen LogP contribution in [0.2, 0.25) is 0 Å². The number of hydrogen-bond donors (Lipinski definition) is 1. The summed E-state index contributed by atoms with van der Waals surface area (Å²) >= 11 is 0. The third-order valence-electron chi connectivity index (χ3n) is 6.29. The van der Waals surface area contributed by atoms with E-state index in [9.17, 15) is 9.59 Å². The SMILES string of the molecule is Cc1ccc(-c2nc3c(C)cccn3c2CC(=O)N2CCC(C(N)=O)CC2)cc1C. The first-order valence-corrected chi connectivity index (χ1v) is 10.5. The molecule has 6 nitrogen and oxygen atoms in total. The monoisotopic (exact) mass is 404 g/mol. The van der Waals surface area contributed by atoms with Crippen molar-refractivity contribution < 1.29 is 9.59 Å². The Kier molecular flexibility index (Phi) is 5.33. The highest BCUT2D eigenvalue weighted by Crippen LogP contribution is 2.28. The number of pyridine rings is 1. The van der Waals surface area contributed by atoms with Crippen LogP contribution in [-0.4, -0.2) is 39.2 Å². The number of piperidine rings is 1. The van der Waals surface area contributed by atoms with E-state index < -0.39 is 0 Å². The van der Waals surface area contributed by atoms with E-state index in [0.717, 1.165) is 28.2 Å². The Morgan fingerprint density at radius 2 is 1.80 bits per heavy atom. The van der Waals surface area contributed by atoms with Crippen LogP contribution in [0.25, 0.3) is 16.9 Å². The average molecular weight is 405 g/mol. The van der Waals surface area contributed by atoms with Gasteiger partial charge in [0.1, 0.15) is 5.65 Å². The number of aromatic nitrogens is 2. The quantitative estimate of drug-likeness (QED) is 0.725. The summed E-state index contributed by atoms with van der Waals surface area (Å²) < 4.78 is 2.04. The van der Waals surface area contributed by atoms with E-state index >= 15 is 0 Å². The fraction of sp³-hybridized carbons (Fsp3) is 0.375. The van der Waals surface area contributed by atoms with Crippen molar-refractivity contribution in [2.24, 2.45) is 11.7 Å². The summed E-state index contributed by atoms with van der Waals surface area (Å²) in [7, 11) is 0. The number of fused-ring (bicyclic) bond motifs is 1.